The summed E-state index contributed by atoms with van der Waals surface area (Å²) < 4.78 is 38.1. The topological polar surface area (TPSA) is 72.5 Å². The van der Waals surface area contributed by atoms with Crippen LogP contribution >= 0.6 is 0 Å². The van der Waals surface area contributed by atoms with Gasteiger partial charge in [0.1, 0.15) is 6.61 Å². The summed E-state index contributed by atoms with van der Waals surface area (Å²) in [7, 11) is -11.1. The Kier molecular flexibility index (Phi) is 18.0. The molecule has 0 aliphatic carbocycles. The van der Waals surface area contributed by atoms with Gasteiger partial charge in [0.25, 0.3) is 0 Å². The molecule has 7 nitrogen and oxygen atoms in total. The first-order chi connectivity index (χ1) is 17.7. The molecule has 0 aromatic carbocycles. The van der Waals surface area contributed by atoms with Gasteiger partial charge in [0, 0.05) is 12.2 Å². The minimum absolute atomic E-state index is 0.226. The first kappa shape index (κ1) is 39.1. The summed E-state index contributed by atoms with van der Waals surface area (Å²) in [5, 5.41) is 0. The Balaban J connectivity index is 5.16. The van der Waals surface area contributed by atoms with E-state index in [2.05, 4.69) is 79.0 Å². The Morgan fingerprint density at radius 2 is 1.18 bits per heavy atom. The standard InChI is InChI=1S/C27H62O7Si5/c1-14-15-16-17-18-19-24-36(7,8)32-38(11,12)34-39(13,33-37(9,10)31-35(4,5)6)25-20-21-29-22-23-30-27(28)26(2)3/h2,14-25H2,1,3-13H3. The molecule has 0 amide bonds. The highest BCUT2D eigenvalue weighted by molar-refractivity contribution is 6.90. The third kappa shape index (κ3) is 21.5. The Hall–Kier alpha value is 0.0944. The van der Waals surface area contributed by atoms with E-state index >= 15 is 0 Å². The van der Waals surface area contributed by atoms with Crippen LogP contribution in [0.5, 0.6) is 0 Å². The molecule has 0 aliphatic rings. The highest BCUT2D eigenvalue weighted by Gasteiger charge is 2.47. The van der Waals surface area contributed by atoms with Gasteiger partial charge in [-0.1, -0.05) is 52.0 Å². The lowest BCUT2D eigenvalue weighted by atomic mass is 10.1. The van der Waals surface area contributed by atoms with Gasteiger partial charge in [0.2, 0.25) is 0 Å². The monoisotopic (exact) mass is 638 g/mol. The van der Waals surface area contributed by atoms with E-state index in [1.165, 1.54) is 44.6 Å². The molecular formula is C27H62O7Si5. The fourth-order valence-electron chi connectivity index (χ4n) is 4.90. The van der Waals surface area contributed by atoms with Crippen molar-refractivity contribution in [2.45, 2.75) is 136 Å². The van der Waals surface area contributed by atoms with Gasteiger partial charge in [-0.3, -0.25) is 0 Å². The second kappa shape index (κ2) is 17.9. The van der Waals surface area contributed by atoms with Gasteiger partial charge in [-0.25, -0.2) is 4.79 Å². The number of ether oxygens (including phenoxy) is 2. The molecule has 0 spiro atoms. The number of carbonyl (C=O) groups excluding carboxylic acids is 1. The Labute approximate surface area is 246 Å². The van der Waals surface area contributed by atoms with Crippen molar-refractivity contribution in [1.29, 1.82) is 0 Å². The maximum absolute atomic E-state index is 11.5. The van der Waals surface area contributed by atoms with E-state index in [-0.39, 0.29) is 12.6 Å². The van der Waals surface area contributed by atoms with Crippen molar-refractivity contribution in [1.82, 2.24) is 0 Å². The summed E-state index contributed by atoms with van der Waals surface area (Å²) in [5.41, 5.74) is 0.394. The van der Waals surface area contributed by atoms with E-state index < -0.39 is 42.3 Å². The van der Waals surface area contributed by atoms with Crippen LogP contribution in [-0.4, -0.2) is 68.1 Å². The molecule has 1 unspecified atom stereocenters. The lowest BCUT2D eigenvalue weighted by Crippen LogP contribution is -2.59. The van der Waals surface area contributed by atoms with Crippen LogP contribution in [0.25, 0.3) is 0 Å². The largest absolute Gasteiger partial charge is 0.460 e. The molecule has 232 valence electrons. The maximum atomic E-state index is 11.5. The van der Waals surface area contributed by atoms with Crippen LogP contribution in [-0.2, 0) is 30.7 Å². The van der Waals surface area contributed by atoms with Crippen molar-refractivity contribution < 1.29 is 30.7 Å². The van der Waals surface area contributed by atoms with E-state index in [4.69, 9.17) is 25.9 Å². The van der Waals surface area contributed by atoms with Gasteiger partial charge in [-0.2, -0.15) is 0 Å². The lowest BCUT2D eigenvalue weighted by molar-refractivity contribution is -0.140. The smallest absolute Gasteiger partial charge is 0.333 e. The summed E-state index contributed by atoms with van der Waals surface area (Å²) in [5.74, 6) is -0.384. The summed E-state index contributed by atoms with van der Waals surface area (Å²) in [6.07, 6.45) is 8.61. The second-order valence-corrected chi connectivity index (χ2v) is 33.2. The zero-order valence-corrected chi connectivity index (χ0v) is 32.6. The second-order valence-electron chi connectivity index (χ2n) is 13.4. The third-order valence-electron chi connectivity index (χ3n) is 5.86. The van der Waals surface area contributed by atoms with Crippen LogP contribution in [0.4, 0.5) is 0 Å². The van der Waals surface area contributed by atoms with E-state index in [1.54, 1.807) is 6.92 Å². The van der Waals surface area contributed by atoms with Crippen molar-refractivity contribution in [2.75, 3.05) is 19.8 Å². The van der Waals surface area contributed by atoms with Crippen LogP contribution in [0.15, 0.2) is 12.2 Å². The molecule has 0 aromatic rings. The summed E-state index contributed by atoms with van der Waals surface area (Å²) in [4.78, 5) is 11.5. The van der Waals surface area contributed by atoms with Gasteiger partial charge >= 0.3 is 31.7 Å². The van der Waals surface area contributed by atoms with E-state index in [0.717, 1.165) is 12.5 Å². The minimum atomic E-state index is -2.63. The van der Waals surface area contributed by atoms with Gasteiger partial charge in [-0.05, 0) is 90.9 Å². The first-order valence-electron chi connectivity index (χ1n) is 14.9. The quantitative estimate of drug-likeness (QED) is 0.0481. The predicted octanol–water partition coefficient (Wildman–Crippen LogP) is 8.45. The summed E-state index contributed by atoms with van der Waals surface area (Å²) in [6.45, 7) is 30.7. The Morgan fingerprint density at radius 1 is 0.641 bits per heavy atom. The van der Waals surface area contributed by atoms with Crippen molar-refractivity contribution >= 4 is 48.3 Å². The molecule has 0 rings (SSSR count). The van der Waals surface area contributed by atoms with Crippen LogP contribution in [0.1, 0.15) is 58.8 Å². The number of esters is 1. The maximum Gasteiger partial charge on any atom is 0.333 e. The molecule has 0 aromatic heterocycles. The third-order valence-corrected chi connectivity index (χ3v) is 24.7. The van der Waals surface area contributed by atoms with Gasteiger partial charge in [0.05, 0.1) is 6.61 Å². The summed E-state index contributed by atoms with van der Waals surface area (Å²) in [6, 6.07) is 1.96. The molecule has 0 N–H and O–H groups in total. The average Bonchev–Trinajstić information content (AvgIpc) is 2.71. The first-order valence-corrected chi connectivity index (χ1v) is 29.6. The zero-order valence-electron chi connectivity index (χ0n) is 27.6. The van der Waals surface area contributed by atoms with Crippen molar-refractivity contribution in [2.24, 2.45) is 0 Å². The highest BCUT2D eigenvalue weighted by Crippen LogP contribution is 2.30. The molecule has 0 saturated heterocycles. The van der Waals surface area contributed by atoms with E-state index in [0.29, 0.717) is 18.8 Å². The lowest BCUT2D eigenvalue weighted by Gasteiger charge is -2.43. The number of unbranched alkanes of at least 4 members (excludes halogenated alkanes) is 5. The molecule has 0 heterocycles. The number of carbonyl (C=O) groups is 1. The molecule has 39 heavy (non-hydrogen) atoms. The highest BCUT2D eigenvalue weighted by atomic mass is 28.5. The number of hydrogen-bond acceptors (Lipinski definition) is 7. The van der Waals surface area contributed by atoms with E-state index in [1.807, 2.05) is 0 Å². The zero-order chi connectivity index (χ0) is 30.4. The molecule has 1 atom stereocenters. The van der Waals surface area contributed by atoms with Crippen LogP contribution in [0.3, 0.4) is 0 Å². The van der Waals surface area contributed by atoms with Crippen molar-refractivity contribution in [3.63, 3.8) is 0 Å². The molecule has 0 fully saturated rings. The van der Waals surface area contributed by atoms with Crippen molar-refractivity contribution in [3.8, 4) is 0 Å². The number of rotatable bonds is 23. The SMILES string of the molecule is C=C(C)C(=O)OCCOCCC[Si](C)(O[Si](C)(C)O[Si](C)(C)C)O[Si](C)(C)O[Si](C)(C)CCCCCCCC. The molecule has 0 radical (unpaired) electrons. The average molecular weight is 639 g/mol. The Morgan fingerprint density at radius 3 is 1.72 bits per heavy atom. The minimum Gasteiger partial charge on any atom is -0.460 e. The molecule has 0 saturated carbocycles. The fraction of sp³-hybridized carbons (Fsp3) is 0.889. The predicted molar refractivity (Wildman–Crippen MR) is 176 cm³/mol. The Bertz CT molecular complexity index is 726. The van der Waals surface area contributed by atoms with Crippen LogP contribution < -0.4 is 0 Å². The fourth-order valence-corrected chi connectivity index (χ4v) is 29.2. The van der Waals surface area contributed by atoms with Crippen LogP contribution in [0, 0.1) is 0 Å². The van der Waals surface area contributed by atoms with Crippen molar-refractivity contribution in [3.05, 3.63) is 12.2 Å². The van der Waals surface area contributed by atoms with Gasteiger partial charge < -0.3 is 25.9 Å². The molecular weight excluding hydrogens is 577 g/mol. The summed E-state index contributed by atoms with van der Waals surface area (Å²) >= 11 is 0. The van der Waals surface area contributed by atoms with Crippen LogP contribution in [0.2, 0.25) is 77.6 Å². The molecule has 12 heteroatoms. The molecule has 0 bridgehead atoms. The van der Waals surface area contributed by atoms with E-state index in [9.17, 15) is 4.79 Å². The van der Waals surface area contributed by atoms with Gasteiger partial charge in [0.15, 0.2) is 16.6 Å². The number of hydrogen-bond donors (Lipinski definition) is 0. The molecule has 0 aliphatic heterocycles. The van der Waals surface area contributed by atoms with Gasteiger partial charge in [-0.15, -0.1) is 0 Å². The normalized spacial score (nSPS) is 14.8.